The van der Waals surface area contributed by atoms with E-state index >= 15 is 0 Å². The summed E-state index contributed by atoms with van der Waals surface area (Å²) < 4.78 is 0.561. The summed E-state index contributed by atoms with van der Waals surface area (Å²) in [5, 5.41) is 0. The molecule has 0 atom stereocenters. The first-order chi connectivity index (χ1) is 8.61. The Labute approximate surface area is 117 Å². The SMILES string of the molecule is CCCC1CCC(c2nc(C)c(Br)c(=O)[nH]2)CC1. The molecule has 3 nitrogen and oxygen atoms in total. The molecule has 0 unspecified atom stereocenters. The maximum Gasteiger partial charge on any atom is 0.265 e. The number of nitrogens with one attached hydrogen (secondary N) is 1. The summed E-state index contributed by atoms with van der Waals surface area (Å²) >= 11 is 3.26. The summed E-state index contributed by atoms with van der Waals surface area (Å²) in [6, 6.07) is 0. The molecule has 0 aliphatic heterocycles. The number of aryl methyl sites for hydroxylation is 1. The molecule has 0 spiro atoms. The van der Waals surface area contributed by atoms with E-state index in [4.69, 9.17) is 0 Å². The van der Waals surface area contributed by atoms with Crippen LogP contribution in [0, 0.1) is 12.8 Å². The zero-order valence-corrected chi connectivity index (χ0v) is 12.7. The van der Waals surface area contributed by atoms with E-state index in [2.05, 4.69) is 32.8 Å². The normalized spacial score (nSPS) is 24.2. The quantitative estimate of drug-likeness (QED) is 0.919. The van der Waals surface area contributed by atoms with Crippen LogP contribution in [0.5, 0.6) is 0 Å². The minimum absolute atomic E-state index is 0.0480. The van der Waals surface area contributed by atoms with Crippen LogP contribution in [0.3, 0.4) is 0 Å². The van der Waals surface area contributed by atoms with Gasteiger partial charge in [-0.15, -0.1) is 0 Å². The number of H-pyrrole nitrogens is 1. The van der Waals surface area contributed by atoms with Gasteiger partial charge in [0, 0.05) is 5.92 Å². The molecule has 100 valence electrons. The van der Waals surface area contributed by atoms with Gasteiger partial charge in [-0.05, 0) is 54.5 Å². The van der Waals surface area contributed by atoms with Crippen molar-refractivity contribution in [1.82, 2.24) is 9.97 Å². The van der Waals surface area contributed by atoms with Gasteiger partial charge in [-0.3, -0.25) is 4.79 Å². The molecule has 0 bridgehead atoms. The highest BCUT2D eigenvalue weighted by molar-refractivity contribution is 9.10. The van der Waals surface area contributed by atoms with Gasteiger partial charge in [0.15, 0.2) is 0 Å². The van der Waals surface area contributed by atoms with Gasteiger partial charge < -0.3 is 4.98 Å². The predicted molar refractivity (Wildman–Crippen MR) is 76.9 cm³/mol. The Hall–Kier alpha value is -0.640. The largest absolute Gasteiger partial charge is 0.309 e. The molecule has 1 heterocycles. The topological polar surface area (TPSA) is 45.8 Å². The molecule has 1 aliphatic carbocycles. The molecule has 1 saturated carbocycles. The van der Waals surface area contributed by atoms with Crippen LogP contribution in [0.25, 0.3) is 0 Å². The lowest BCUT2D eigenvalue weighted by Gasteiger charge is -2.27. The summed E-state index contributed by atoms with van der Waals surface area (Å²) in [5.74, 6) is 2.21. The lowest BCUT2D eigenvalue weighted by molar-refractivity contribution is 0.302. The van der Waals surface area contributed by atoms with Crippen LogP contribution >= 0.6 is 15.9 Å². The second-order valence-corrected chi connectivity index (χ2v) is 6.15. The zero-order valence-electron chi connectivity index (χ0n) is 11.1. The van der Waals surface area contributed by atoms with Crippen molar-refractivity contribution in [2.75, 3.05) is 0 Å². The monoisotopic (exact) mass is 312 g/mol. The highest BCUT2D eigenvalue weighted by Gasteiger charge is 2.24. The minimum atomic E-state index is -0.0480. The molecule has 1 aromatic rings. The Balaban J connectivity index is 2.08. The molecule has 0 saturated heterocycles. The van der Waals surface area contributed by atoms with Crippen molar-refractivity contribution in [3.05, 3.63) is 26.3 Å². The first kappa shape index (κ1) is 13.8. The van der Waals surface area contributed by atoms with Crippen molar-refractivity contribution >= 4 is 15.9 Å². The van der Waals surface area contributed by atoms with E-state index in [0.717, 1.165) is 30.3 Å². The minimum Gasteiger partial charge on any atom is -0.309 e. The van der Waals surface area contributed by atoms with Crippen molar-refractivity contribution < 1.29 is 0 Å². The average Bonchev–Trinajstić information content (AvgIpc) is 2.37. The molecule has 2 rings (SSSR count). The Morgan fingerprint density at radius 1 is 1.33 bits per heavy atom. The summed E-state index contributed by atoms with van der Waals surface area (Å²) in [5.41, 5.74) is 0.748. The molecular weight excluding hydrogens is 292 g/mol. The van der Waals surface area contributed by atoms with Crippen LogP contribution < -0.4 is 5.56 Å². The summed E-state index contributed by atoms with van der Waals surface area (Å²) in [6.45, 7) is 4.13. The van der Waals surface area contributed by atoms with Gasteiger partial charge in [0.05, 0.1) is 5.69 Å². The average molecular weight is 313 g/mol. The summed E-state index contributed by atoms with van der Waals surface area (Å²) in [6.07, 6.45) is 7.50. The number of nitrogens with zero attached hydrogens (tertiary/aromatic N) is 1. The molecule has 0 aromatic carbocycles. The van der Waals surface area contributed by atoms with Crippen molar-refractivity contribution in [3.63, 3.8) is 0 Å². The number of halogens is 1. The van der Waals surface area contributed by atoms with Crippen molar-refractivity contribution in [1.29, 1.82) is 0 Å². The Kier molecular flexibility index (Phi) is 4.60. The van der Waals surface area contributed by atoms with Gasteiger partial charge >= 0.3 is 0 Å². The van der Waals surface area contributed by atoms with Crippen LogP contribution in [0.1, 0.15) is 62.9 Å². The van der Waals surface area contributed by atoms with Gasteiger partial charge in [0.2, 0.25) is 0 Å². The predicted octanol–water partition coefficient (Wildman–Crippen LogP) is 3.91. The molecule has 1 N–H and O–H groups in total. The van der Waals surface area contributed by atoms with Crippen molar-refractivity contribution in [2.24, 2.45) is 5.92 Å². The molecule has 0 amide bonds. The lowest BCUT2D eigenvalue weighted by Crippen LogP contribution is -2.20. The Bertz CT molecular complexity index is 461. The van der Waals surface area contributed by atoms with Gasteiger partial charge in [0.1, 0.15) is 10.3 Å². The van der Waals surface area contributed by atoms with Crippen molar-refractivity contribution in [3.8, 4) is 0 Å². The van der Waals surface area contributed by atoms with Crippen molar-refractivity contribution in [2.45, 2.75) is 58.3 Å². The van der Waals surface area contributed by atoms with Crippen LogP contribution in [0.2, 0.25) is 0 Å². The number of hydrogen-bond donors (Lipinski definition) is 1. The van der Waals surface area contributed by atoms with Gasteiger partial charge in [0.25, 0.3) is 5.56 Å². The fraction of sp³-hybridized carbons (Fsp3) is 0.714. The van der Waals surface area contributed by atoms with E-state index in [1.165, 1.54) is 25.7 Å². The number of aromatic amines is 1. The summed E-state index contributed by atoms with van der Waals surface area (Å²) in [4.78, 5) is 19.2. The molecule has 4 heteroatoms. The first-order valence-electron chi connectivity index (χ1n) is 6.88. The maximum atomic E-state index is 11.7. The fourth-order valence-corrected chi connectivity index (χ4v) is 3.11. The third kappa shape index (κ3) is 3.02. The van der Waals surface area contributed by atoms with E-state index in [9.17, 15) is 4.79 Å². The number of hydrogen-bond acceptors (Lipinski definition) is 2. The van der Waals surface area contributed by atoms with E-state index in [1.54, 1.807) is 0 Å². The molecule has 0 radical (unpaired) electrons. The maximum absolute atomic E-state index is 11.7. The van der Waals surface area contributed by atoms with Crippen LogP contribution in [-0.4, -0.2) is 9.97 Å². The molecular formula is C14H21BrN2O. The Morgan fingerprint density at radius 3 is 2.56 bits per heavy atom. The Morgan fingerprint density at radius 2 is 2.00 bits per heavy atom. The van der Waals surface area contributed by atoms with Crippen LogP contribution in [-0.2, 0) is 0 Å². The third-order valence-electron chi connectivity index (χ3n) is 3.98. The molecule has 1 aliphatic rings. The van der Waals surface area contributed by atoms with E-state index in [0.29, 0.717) is 10.4 Å². The van der Waals surface area contributed by atoms with Gasteiger partial charge in [-0.1, -0.05) is 19.8 Å². The smallest absolute Gasteiger partial charge is 0.265 e. The highest BCUT2D eigenvalue weighted by atomic mass is 79.9. The first-order valence-corrected chi connectivity index (χ1v) is 7.67. The zero-order chi connectivity index (χ0) is 13.1. The summed E-state index contributed by atoms with van der Waals surface area (Å²) in [7, 11) is 0. The highest BCUT2D eigenvalue weighted by Crippen LogP contribution is 2.36. The third-order valence-corrected chi connectivity index (χ3v) is 4.91. The molecule has 1 fully saturated rings. The second kappa shape index (κ2) is 6.00. The van der Waals surface area contributed by atoms with E-state index < -0.39 is 0 Å². The second-order valence-electron chi connectivity index (χ2n) is 5.36. The number of rotatable bonds is 3. The standard InChI is InChI=1S/C14H21BrN2O/c1-3-4-10-5-7-11(8-6-10)13-16-9(2)12(15)14(18)17-13/h10-11H,3-8H2,1-2H3,(H,16,17,18). The van der Waals surface area contributed by atoms with Gasteiger partial charge in [-0.25, -0.2) is 4.98 Å². The van der Waals surface area contributed by atoms with Crippen LogP contribution in [0.15, 0.2) is 9.27 Å². The fourth-order valence-electron chi connectivity index (χ4n) is 2.92. The number of aromatic nitrogens is 2. The van der Waals surface area contributed by atoms with Gasteiger partial charge in [-0.2, -0.15) is 0 Å². The van der Waals surface area contributed by atoms with Crippen LogP contribution in [0.4, 0.5) is 0 Å². The lowest BCUT2D eigenvalue weighted by atomic mass is 9.80. The molecule has 1 aromatic heterocycles. The van der Waals surface area contributed by atoms with E-state index in [-0.39, 0.29) is 5.56 Å². The van der Waals surface area contributed by atoms with E-state index in [1.807, 2.05) is 6.92 Å². The molecule has 18 heavy (non-hydrogen) atoms.